The summed E-state index contributed by atoms with van der Waals surface area (Å²) in [6.45, 7) is -0.956. The molecule has 0 bridgehead atoms. The van der Waals surface area contributed by atoms with Crippen molar-refractivity contribution in [3.63, 3.8) is 0 Å². The fraction of sp³-hybridized carbons (Fsp3) is 0.667. The van der Waals surface area contributed by atoms with Gasteiger partial charge in [0, 0.05) is 0 Å². The average Bonchev–Trinajstić information content (AvgIpc) is 2.09. The van der Waals surface area contributed by atoms with E-state index in [1.165, 1.54) is 0 Å². The van der Waals surface area contributed by atoms with Gasteiger partial charge in [-0.25, -0.2) is 0 Å². The van der Waals surface area contributed by atoms with Crippen LogP contribution in [0.4, 0.5) is 0 Å². The summed E-state index contributed by atoms with van der Waals surface area (Å²) >= 11 is 0. The van der Waals surface area contributed by atoms with Crippen LogP contribution in [-0.4, -0.2) is 57.9 Å². The minimum absolute atomic E-state index is 0.478. The number of aliphatic hydroxyl groups excluding tert-OH is 2. The highest BCUT2D eigenvalue weighted by Gasteiger charge is 2.14. The molecule has 0 radical (unpaired) electrons. The van der Waals surface area contributed by atoms with Crippen LogP contribution in [0.25, 0.3) is 0 Å². The normalized spacial score (nSPS) is 10.4. The first-order valence-corrected chi connectivity index (χ1v) is 3.71. The average molecular weight is 208 g/mol. The molecule has 0 spiro atoms. The summed E-state index contributed by atoms with van der Waals surface area (Å²) in [6.07, 6.45) is -3.48. The zero-order valence-corrected chi connectivity index (χ0v) is 7.17. The molecule has 0 heterocycles. The van der Waals surface area contributed by atoms with E-state index in [1.54, 1.807) is 0 Å². The van der Waals surface area contributed by atoms with Gasteiger partial charge in [-0.1, -0.05) is 0 Å². The Hall–Kier alpha value is -1.22. The third-order valence-corrected chi connectivity index (χ3v) is 1.10. The first-order chi connectivity index (χ1) is 6.43. The predicted molar refractivity (Wildman–Crippen MR) is 42.5 cm³/mol. The van der Waals surface area contributed by atoms with Crippen LogP contribution in [0.15, 0.2) is 0 Å². The Kier molecular flexibility index (Phi) is 5.72. The number of rotatable bonds is 4. The number of carbonyl (C=O) groups is 2. The summed E-state index contributed by atoms with van der Waals surface area (Å²) in [5.74, 6) is -2.17. The van der Waals surface area contributed by atoms with E-state index >= 15 is 0 Å². The van der Waals surface area contributed by atoms with Crippen molar-refractivity contribution in [2.24, 2.45) is 0 Å². The minimum Gasteiger partial charge on any atom is -0.367 e. The van der Waals surface area contributed by atoms with Gasteiger partial charge in [-0.05, 0) is 0 Å². The summed E-state index contributed by atoms with van der Waals surface area (Å²) in [5.41, 5.74) is 0. The highest BCUT2D eigenvalue weighted by atomic mass is 16.5. The van der Waals surface area contributed by atoms with Crippen LogP contribution in [-0.2, 0) is 9.59 Å². The highest BCUT2D eigenvalue weighted by Crippen LogP contribution is 1.75. The van der Waals surface area contributed by atoms with Gasteiger partial charge in [0.15, 0.2) is 12.6 Å². The van der Waals surface area contributed by atoms with E-state index in [0.29, 0.717) is 0 Å². The second-order valence-corrected chi connectivity index (χ2v) is 2.38. The van der Waals surface area contributed by atoms with Crippen LogP contribution in [0.1, 0.15) is 0 Å². The van der Waals surface area contributed by atoms with Crippen molar-refractivity contribution >= 4 is 11.8 Å². The summed E-state index contributed by atoms with van der Waals surface area (Å²) < 4.78 is 0. The van der Waals surface area contributed by atoms with Crippen LogP contribution in [0.3, 0.4) is 0 Å². The molecule has 8 heteroatoms. The van der Waals surface area contributed by atoms with Crippen LogP contribution in [0, 0.1) is 0 Å². The molecule has 0 saturated heterocycles. The van der Waals surface area contributed by atoms with Gasteiger partial charge in [-0.2, -0.15) is 0 Å². The van der Waals surface area contributed by atoms with Crippen LogP contribution < -0.4 is 10.6 Å². The molecule has 0 rings (SSSR count). The van der Waals surface area contributed by atoms with Crippen LogP contribution in [0.2, 0.25) is 0 Å². The van der Waals surface area contributed by atoms with Gasteiger partial charge >= 0.3 is 11.8 Å². The molecule has 0 aromatic rings. The molecule has 0 atom stereocenters. The standard InChI is InChI=1S/C6H12N2O6/c9-3(10)1-7-5(13)6(14)8-2-4(11)12/h3-4,9-12H,1-2H2,(H,7,13)(H,8,14). The number of hydrogen-bond donors (Lipinski definition) is 6. The largest absolute Gasteiger partial charge is 0.367 e. The first-order valence-electron chi connectivity index (χ1n) is 3.71. The summed E-state index contributed by atoms with van der Waals surface area (Å²) in [4.78, 5) is 21.5. The van der Waals surface area contributed by atoms with Gasteiger partial charge in [0.25, 0.3) is 0 Å². The van der Waals surface area contributed by atoms with Crippen molar-refractivity contribution in [3.8, 4) is 0 Å². The Labute approximate surface area is 79.2 Å². The van der Waals surface area contributed by atoms with E-state index in [9.17, 15) is 9.59 Å². The van der Waals surface area contributed by atoms with E-state index in [2.05, 4.69) is 0 Å². The van der Waals surface area contributed by atoms with Crippen molar-refractivity contribution in [2.75, 3.05) is 13.1 Å². The molecule has 0 saturated carbocycles. The fourth-order valence-electron chi connectivity index (χ4n) is 0.529. The van der Waals surface area contributed by atoms with Crippen molar-refractivity contribution in [3.05, 3.63) is 0 Å². The summed E-state index contributed by atoms with van der Waals surface area (Å²) in [7, 11) is 0. The third kappa shape index (κ3) is 6.31. The molecule has 0 fully saturated rings. The molecule has 8 nitrogen and oxygen atoms in total. The van der Waals surface area contributed by atoms with E-state index in [0.717, 1.165) is 0 Å². The van der Waals surface area contributed by atoms with Gasteiger partial charge in [-0.3, -0.25) is 9.59 Å². The number of nitrogens with one attached hydrogen (secondary N) is 2. The second kappa shape index (κ2) is 6.27. The minimum atomic E-state index is -1.74. The first kappa shape index (κ1) is 12.8. The molecule has 0 aliphatic rings. The lowest BCUT2D eigenvalue weighted by molar-refractivity contribution is -0.141. The van der Waals surface area contributed by atoms with Gasteiger partial charge in [0.1, 0.15) is 0 Å². The second-order valence-electron chi connectivity index (χ2n) is 2.38. The van der Waals surface area contributed by atoms with E-state index in [1.807, 2.05) is 10.6 Å². The van der Waals surface area contributed by atoms with Crippen molar-refractivity contribution < 1.29 is 30.0 Å². The van der Waals surface area contributed by atoms with Gasteiger partial charge in [0.05, 0.1) is 13.1 Å². The third-order valence-electron chi connectivity index (χ3n) is 1.10. The lowest BCUT2D eigenvalue weighted by atomic mass is 10.5. The monoisotopic (exact) mass is 208 g/mol. The summed E-state index contributed by atoms with van der Waals surface area (Å²) in [6, 6.07) is 0. The lowest BCUT2D eigenvalue weighted by Crippen LogP contribution is -2.44. The van der Waals surface area contributed by atoms with E-state index in [4.69, 9.17) is 20.4 Å². The van der Waals surface area contributed by atoms with E-state index < -0.39 is 37.5 Å². The molecule has 0 aromatic heterocycles. The highest BCUT2D eigenvalue weighted by molar-refractivity contribution is 6.35. The topological polar surface area (TPSA) is 139 Å². The molecule has 2 amide bonds. The quantitative estimate of drug-likeness (QED) is 0.205. The Morgan fingerprint density at radius 3 is 1.36 bits per heavy atom. The van der Waals surface area contributed by atoms with E-state index in [-0.39, 0.29) is 0 Å². The Bertz CT molecular complexity index is 182. The van der Waals surface area contributed by atoms with Gasteiger partial charge < -0.3 is 31.1 Å². The molecule has 82 valence electrons. The molecule has 0 aromatic carbocycles. The molecule has 0 unspecified atom stereocenters. The van der Waals surface area contributed by atoms with Crippen LogP contribution in [0.5, 0.6) is 0 Å². The molecular weight excluding hydrogens is 196 g/mol. The zero-order valence-electron chi connectivity index (χ0n) is 7.17. The molecular formula is C6H12N2O6. The van der Waals surface area contributed by atoms with Gasteiger partial charge in [-0.15, -0.1) is 0 Å². The number of carbonyl (C=O) groups excluding carboxylic acids is 2. The smallest absolute Gasteiger partial charge is 0.309 e. The molecule has 0 aliphatic carbocycles. The molecule has 0 aliphatic heterocycles. The number of amides is 2. The number of hydrogen-bond acceptors (Lipinski definition) is 6. The maximum atomic E-state index is 10.8. The van der Waals surface area contributed by atoms with Gasteiger partial charge in [0.2, 0.25) is 0 Å². The Balaban J connectivity index is 3.71. The number of aliphatic hydroxyl groups is 4. The van der Waals surface area contributed by atoms with Crippen LogP contribution >= 0.6 is 0 Å². The predicted octanol–water partition coefficient (Wildman–Crippen LogP) is -4.16. The molecule has 6 N–H and O–H groups in total. The Morgan fingerprint density at radius 1 is 0.857 bits per heavy atom. The van der Waals surface area contributed by atoms with Crippen molar-refractivity contribution in [1.29, 1.82) is 0 Å². The van der Waals surface area contributed by atoms with Crippen molar-refractivity contribution in [1.82, 2.24) is 10.6 Å². The maximum Gasteiger partial charge on any atom is 0.309 e. The SMILES string of the molecule is O=C(NCC(O)O)C(=O)NCC(O)O. The Morgan fingerprint density at radius 2 is 1.14 bits per heavy atom. The fourth-order valence-corrected chi connectivity index (χ4v) is 0.529. The van der Waals surface area contributed by atoms with Crippen molar-refractivity contribution in [2.45, 2.75) is 12.6 Å². The molecule has 14 heavy (non-hydrogen) atoms. The maximum absolute atomic E-state index is 10.8. The lowest BCUT2D eigenvalue weighted by Gasteiger charge is -2.07. The zero-order chi connectivity index (χ0) is 11.1. The summed E-state index contributed by atoms with van der Waals surface area (Å²) in [5, 5.41) is 37.1.